The highest BCUT2D eigenvalue weighted by atomic mass is 32.2. The molecule has 4 rings (SSSR count). The van der Waals surface area contributed by atoms with Crippen molar-refractivity contribution in [2.75, 3.05) is 52.2 Å². The molecule has 11 heteroatoms. The fourth-order valence-electron chi connectivity index (χ4n) is 4.85. The summed E-state index contributed by atoms with van der Waals surface area (Å²) in [5, 5.41) is 0. The monoisotopic (exact) mass is 580 g/mol. The Labute approximate surface area is 241 Å². The molecule has 1 fully saturated rings. The first-order valence-electron chi connectivity index (χ1n) is 13.2. The zero-order valence-electron chi connectivity index (χ0n) is 24.0. The average molecular weight is 581 g/mol. The Balaban J connectivity index is 1.38. The van der Waals surface area contributed by atoms with Crippen molar-refractivity contribution in [2.45, 2.75) is 25.3 Å². The highest BCUT2D eigenvalue weighted by Crippen LogP contribution is 2.40. The van der Waals surface area contributed by atoms with Gasteiger partial charge in [-0.2, -0.15) is 0 Å². The van der Waals surface area contributed by atoms with E-state index in [2.05, 4.69) is 14.6 Å². The maximum absolute atomic E-state index is 13.2. The van der Waals surface area contributed by atoms with E-state index in [1.165, 1.54) is 6.07 Å². The molecule has 1 heterocycles. The molecular weight excluding hydrogens is 544 g/mol. The summed E-state index contributed by atoms with van der Waals surface area (Å²) in [7, 11) is 0.898. The van der Waals surface area contributed by atoms with Gasteiger partial charge in [-0.15, -0.1) is 0 Å². The molecule has 0 atom stereocenters. The average Bonchev–Trinajstić information content (AvgIpc) is 2.98. The predicted molar refractivity (Wildman–Crippen MR) is 160 cm³/mol. The van der Waals surface area contributed by atoms with Gasteiger partial charge in [-0.3, -0.25) is 19.4 Å². The highest BCUT2D eigenvalue weighted by molar-refractivity contribution is 7.92. The number of sulfonamides is 1. The van der Waals surface area contributed by atoms with Crippen molar-refractivity contribution in [1.82, 2.24) is 9.80 Å². The topological polar surface area (TPSA) is 110 Å². The van der Waals surface area contributed by atoms with E-state index in [1.54, 1.807) is 64.8 Å². The van der Waals surface area contributed by atoms with E-state index in [1.807, 2.05) is 30.0 Å². The molecule has 1 aliphatic rings. The van der Waals surface area contributed by atoms with Crippen LogP contribution in [0, 0.1) is 6.92 Å². The number of amides is 1. The highest BCUT2D eigenvalue weighted by Gasteiger charge is 2.25. The SMILES string of the molecule is CC=Nc1c(C)cccc1S(=O)(=O)Nc1ccc(C(=O)N2CCN(Cc3ccc(OC)c(OC)c3OC)CC2)cc1. The summed E-state index contributed by atoms with van der Waals surface area (Å²) in [4.78, 5) is 21.6. The number of ether oxygens (including phenoxy) is 3. The van der Waals surface area contributed by atoms with Crippen molar-refractivity contribution in [3.05, 3.63) is 71.3 Å². The third kappa shape index (κ3) is 6.63. The van der Waals surface area contributed by atoms with Crippen LogP contribution in [0.25, 0.3) is 0 Å². The van der Waals surface area contributed by atoms with E-state index in [0.29, 0.717) is 66.9 Å². The van der Waals surface area contributed by atoms with Crippen LogP contribution < -0.4 is 18.9 Å². The number of piperazine rings is 1. The number of anilines is 1. The molecule has 0 bridgehead atoms. The summed E-state index contributed by atoms with van der Waals surface area (Å²) in [6.45, 7) is 6.72. The Hall–Kier alpha value is -4.09. The zero-order chi connectivity index (χ0) is 29.6. The summed E-state index contributed by atoms with van der Waals surface area (Å²) in [6.07, 6.45) is 1.56. The van der Waals surface area contributed by atoms with Crippen LogP contribution >= 0.6 is 0 Å². The lowest BCUT2D eigenvalue weighted by atomic mass is 10.1. The van der Waals surface area contributed by atoms with Crippen LogP contribution in [0.5, 0.6) is 17.2 Å². The Morgan fingerprint density at radius 1 is 0.927 bits per heavy atom. The largest absolute Gasteiger partial charge is 0.493 e. The zero-order valence-corrected chi connectivity index (χ0v) is 24.8. The lowest BCUT2D eigenvalue weighted by Gasteiger charge is -2.35. The first kappa shape index (κ1) is 29.9. The Kier molecular flexibility index (Phi) is 9.51. The number of aryl methyl sites for hydroxylation is 1. The number of carbonyl (C=O) groups is 1. The van der Waals surface area contributed by atoms with Crippen LogP contribution in [0.3, 0.4) is 0 Å². The molecule has 0 saturated carbocycles. The van der Waals surface area contributed by atoms with Crippen molar-refractivity contribution >= 4 is 33.5 Å². The fourth-order valence-corrected chi connectivity index (χ4v) is 6.14. The second kappa shape index (κ2) is 13.0. The van der Waals surface area contributed by atoms with Crippen molar-refractivity contribution in [3.63, 3.8) is 0 Å². The van der Waals surface area contributed by atoms with Crippen LogP contribution in [0.15, 0.2) is 64.5 Å². The molecule has 0 aromatic heterocycles. The molecular formula is C30H36N4O6S. The van der Waals surface area contributed by atoms with Crippen molar-refractivity contribution in [1.29, 1.82) is 0 Å². The van der Waals surface area contributed by atoms with Gasteiger partial charge in [0.15, 0.2) is 11.5 Å². The quantitative estimate of drug-likeness (QED) is 0.352. The molecule has 0 aliphatic carbocycles. The first-order chi connectivity index (χ1) is 19.7. The van der Waals surface area contributed by atoms with Gasteiger partial charge in [0.05, 0.1) is 27.0 Å². The van der Waals surface area contributed by atoms with Crippen molar-refractivity contribution in [3.8, 4) is 17.2 Å². The molecule has 3 aromatic carbocycles. The van der Waals surface area contributed by atoms with E-state index in [0.717, 1.165) is 11.1 Å². The number of nitrogens with zero attached hydrogens (tertiary/aromatic N) is 3. The number of methoxy groups -OCH3 is 3. The predicted octanol–water partition coefficient (Wildman–Crippen LogP) is 4.50. The molecule has 1 amide bonds. The number of rotatable bonds is 10. The molecule has 218 valence electrons. The Morgan fingerprint density at radius 3 is 2.22 bits per heavy atom. The number of hydrogen-bond donors (Lipinski definition) is 1. The van der Waals surface area contributed by atoms with Crippen molar-refractivity contribution in [2.24, 2.45) is 4.99 Å². The van der Waals surface area contributed by atoms with Gasteiger partial charge in [0, 0.05) is 55.8 Å². The van der Waals surface area contributed by atoms with Crippen LogP contribution in [0.4, 0.5) is 11.4 Å². The fraction of sp³-hybridized carbons (Fsp3) is 0.333. The standard InChI is InChI=1S/C30H36N4O6S/c1-6-31-27-21(2)8-7-9-26(27)41(36,37)32-24-13-10-22(11-14-24)30(35)34-18-16-33(17-19-34)20-23-12-15-25(38-3)29(40-5)28(23)39-4/h6-15,32H,16-20H2,1-5H3. The minimum Gasteiger partial charge on any atom is -0.493 e. The van der Waals surface area contributed by atoms with E-state index < -0.39 is 10.0 Å². The number of para-hydroxylation sites is 1. The van der Waals surface area contributed by atoms with Crippen molar-refractivity contribution < 1.29 is 27.4 Å². The number of benzene rings is 3. The second-order valence-corrected chi connectivity index (χ2v) is 11.2. The molecule has 3 aromatic rings. The molecule has 1 aliphatic heterocycles. The van der Waals surface area contributed by atoms with Gasteiger partial charge in [-0.05, 0) is 55.8 Å². The van der Waals surface area contributed by atoms with Gasteiger partial charge in [0.2, 0.25) is 5.75 Å². The summed E-state index contributed by atoms with van der Waals surface area (Å²) in [6, 6.07) is 15.3. The number of aliphatic imine (C=N–C) groups is 1. The van der Waals surface area contributed by atoms with E-state index >= 15 is 0 Å². The number of carbonyl (C=O) groups excluding carboxylic acids is 1. The molecule has 10 nitrogen and oxygen atoms in total. The smallest absolute Gasteiger partial charge is 0.264 e. The molecule has 41 heavy (non-hydrogen) atoms. The summed E-state index contributed by atoms with van der Waals surface area (Å²) >= 11 is 0. The molecule has 0 spiro atoms. The molecule has 0 unspecified atom stereocenters. The molecule has 1 saturated heterocycles. The molecule has 0 radical (unpaired) electrons. The van der Waals surface area contributed by atoms with Gasteiger partial charge in [0.25, 0.3) is 15.9 Å². The summed E-state index contributed by atoms with van der Waals surface area (Å²) in [5.41, 5.74) is 2.99. The van der Waals surface area contributed by atoms with E-state index in [9.17, 15) is 13.2 Å². The third-order valence-electron chi connectivity index (χ3n) is 6.97. The lowest BCUT2D eigenvalue weighted by Crippen LogP contribution is -2.48. The summed E-state index contributed by atoms with van der Waals surface area (Å²) in [5.74, 6) is 1.70. The normalized spacial score (nSPS) is 14.2. The van der Waals surface area contributed by atoms with Gasteiger partial charge in [-0.25, -0.2) is 8.42 Å². The first-order valence-corrected chi connectivity index (χ1v) is 14.7. The third-order valence-corrected chi connectivity index (χ3v) is 8.38. The Morgan fingerprint density at radius 2 is 1.61 bits per heavy atom. The number of nitrogens with one attached hydrogen (secondary N) is 1. The van der Waals surface area contributed by atoms with E-state index in [4.69, 9.17) is 14.2 Å². The van der Waals surface area contributed by atoms with E-state index in [-0.39, 0.29) is 10.8 Å². The van der Waals surface area contributed by atoms with Crippen LogP contribution in [0.2, 0.25) is 0 Å². The van der Waals surface area contributed by atoms with Gasteiger partial charge < -0.3 is 19.1 Å². The van der Waals surface area contributed by atoms with Crippen LogP contribution in [-0.2, 0) is 16.6 Å². The van der Waals surface area contributed by atoms with Gasteiger partial charge in [-0.1, -0.05) is 18.2 Å². The minimum absolute atomic E-state index is 0.0963. The van der Waals surface area contributed by atoms with Crippen LogP contribution in [0.1, 0.15) is 28.4 Å². The van der Waals surface area contributed by atoms with Gasteiger partial charge in [0.1, 0.15) is 4.90 Å². The summed E-state index contributed by atoms with van der Waals surface area (Å²) < 4.78 is 45.3. The molecule has 1 N–H and O–H groups in total. The minimum atomic E-state index is -3.88. The Bertz CT molecular complexity index is 1510. The lowest BCUT2D eigenvalue weighted by molar-refractivity contribution is 0.0627. The van der Waals surface area contributed by atoms with Crippen LogP contribution in [-0.4, -0.2) is 77.8 Å². The number of hydrogen-bond acceptors (Lipinski definition) is 8. The maximum Gasteiger partial charge on any atom is 0.264 e. The second-order valence-electron chi connectivity index (χ2n) is 9.55. The maximum atomic E-state index is 13.2. The van der Waals surface area contributed by atoms with Gasteiger partial charge >= 0.3 is 0 Å².